The minimum Gasteiger partial charge on any atom is -0.440 e. The molecule has 5 heteroatoms. The molecule has 3 aromatic rings. The van der Waals surface area contributed by atoms with Crippen molar-refractivity contribution in [1.82, 2.24) is 0 Å². The van der Waals surface area contributed by atoms with Gasteiger partial charge in [-0.2, -0.15) is 5.26 Å². The van der Waals surface area contributed by atoms with Crippen molar-refractivity contribution in [2.45, 2.75) is 5.92 Å². The molecule has 4 rings (SSSR count). The van der Waals surface area contributed by atoms with Gasteiger partial charge in [-0.3, -0.25) is 0 Å². The molecule has 0 aliphatic carbocycles. The maximum atomic E-state index is 9.65. The maximum absolute atomic E-state index is 9.65. The summed E-state index contributed by atoms with van der Waals surface area (Å²) in [6, 6.07) is 19.6. The Labute approximate surface area is 158 Å². The topological polar surface area (TPSA) is 59.0 Å². The summed E-state index contributed by atoms with van der Waals surface area (Å²) in [6.07, 6.45) is 0. The van der Waals surface area contributed by atoms with Gasteiger partial charge in [0.25, 0.3) is 0 Å². The summed E-state index contributed by atoms with van der Waals surface area (Å²) in [4.78, 5) is 0. The van der Waals surface area contributed by atoms with Gasteiger partial charge in [-0.25, -0.2) is 0 Å². The van der Waals surface area contributed by atoms with E-state index in [0.29, 0.717) is 16.3 Å². The van der Waals surface area contributed by atoms with Crippen molar-refractivity contribution in [1.29, 1.82) is 5.26 Å². The summed E-state index contributed by atoms with van der Waals surface area (Å²) in [7, 11) is 0. The van der Waals surface area contributed by atoms with Gasteiger partial charge in [-0.15, -0.1) is 0 Å². The second kappa shape index (κ2) is 6.11. The van der Waals surface area contributed by atoms with Crippen LogP contribution in [0, 0.1) is 11.3 Å². The normalized spacial score (nSPS) is 16.3. The molecule has 25 heavy (non-hydrogen) atoms. The number of rotatable bonds is 1. The van der Waals surface area contributed by atoms with Crippen molar-refractivity contribution < 1.29 is 4.74 Å². The second-order valence-corrected chi connectivity index (χ2v) is 7.12. The molecular weight excluding hydrogens is 400 g/mol. The highest BCUT2D eigenvalue weighted by Crippen LogP contribution is 2.47. The summed E-state index contributed by atoms with van der Waals surface area (Å²) in [5.41, 5.74) is 8.27. The van der Waals surface area contributed by atoms with Gasteiger partial charge in [0.05, 0.1) is 5.92 Å². The predicted octanol–water partition coefficient (Wildman–Crippen LogP) is 5.47. The van der Waals surface area contributed by atoms with Crippen molar-refractivity contribution in [3.8, 4) is 11.8 Å². The largest absolute Gasteiger partial charge is 0.440 e. The van der Waals surface area contributed by atoms with Crippen molar-refractivity contribution in [2.24, 2.45) is 5.73 Å². The highest BCUT2D eigenvalue weighted by atomic mass is 79.9. The van der Waals surface area contributed by atoms with Crippen LogP contribution < -0.4 is 10.5 Å². The number of halogens is 2. The molecule has 0 amide bonds. The lowest BCUT2D eigenvalue weighted by Gasteiger charge is -2.28. The Morgan fingerprint density at radius 1 is 1.08 bits per heavy atom. The van der Waals surface area contributed by atoms with Crippen molar-refractivity contribution in [2.75, 3.05) is 0 Å². The fourth-order valence-corrected chi connectivity index (χ4v) is 3.78. The van der Waals surface area contributed by atoms with E-state index in [-0.39, 0.29) is 11.8 Å². The van der Waals surface area contributed by atoms with E-state index in [9.17, 15) is 5.26 Å². The third-order valence-corrected chi connectivity index (χ3v) is 5.22. The van der Waals surface area contributed by atoms with Gasteiger partial charge in [-0.05, 0) is 23.8 Å². The van der Waals surface area contributed by atoms with E-state index in [2.05, 4.69) is 22.0 Å². The summed E-state index contributed by atoms with van der Waals surface area (Å²) < 4.78 is 6.81. The highest BCUT2D eigenvalue weighted by Gasteiger charge is 2.32. The smallest absolute Gasteiger partial charge is 0.205 e. The number of benzene rings is 3. The Morgan fingerprint density at radius 2 is 1.76 bits per heavy atom. The van der Waals surface area contributed by atoms with Gasteiger partial charge in [-0.1, -0.05) is 63.9 Å². The first-order chi connectivity index (χ1) is 12.1. The van der Waals surface area contributed by atoms with Crippen LogP contribution in [0.1, 0.15) is 17.0 Å². The molecule has 0 spiro atoms. The van der Waals surface area contributed by atoms with Gasteiger partial charge in [0.2, 0.25) is 5.88 Å². The Hall–Kier alpha value is -2.48. The standard InChI is InChI=1S/C20H12BrClN2O/c21-12-7-5-11(6-8-12)18-15-9-17(22)13-3-1-2-4-14(13)19(15)25-20(24)16(18)10-23/h1-9,18H,24H2. The summed E-state index contributed by atoms with van der Waals surface area (Å²) in [5.74, 6) is 0.476. The molecule has 0 radical (unpaired) electrons. The number of ether oxygens (including phenoxy) is 1. The second-order valence-electron chi connectivity index (χ2n) is 5.80. The Bertz CT molecular complexity index is 1070. The molecule has 0 bridgehead atoms. The molecule has 1 aliphatic rings. The predicted molar refractivity (Wildman–Crippen MR) is 102 cm³/mol. The average Bonchev–Trinajstić information content (AvgIpc) is 2.63. The molecule has 3 nitrogen and oxygen atoms in total. The Kier molecular flexibility index (Phi) is 3.91. The molecule has 2 N–H and O–H groups in total. The van der Waals surface area contributed by atoms with E-state index in [4.69, 9.17) is 22.1 Å². The average molecular weight is 412 g/mol. The van der Waals surface area contributed by atoms with E-state index in [1.54, 1.807) is 0 Å². The lowest BCUT2D eigenvalue weighted by Crippen LogP contribution is -2.21. The van der Waals surface area contributed by atoms with Gasteiger partial charge in [0.1, 0.15) is 17.4 Å². The molecule has 1 unspecified atom stereocenters. The first-order valence-corrected chi connectivity index (χ1v) is 8.81. The summed E-state index contributed by atoms with van der Waals surface area (Å²) >= 11 is 9.95. The SMILES string of the molecule is N#CC1=C(N)Oc2c(cc(Cl)c3ccccc23)C1c1ccc(Br)cc1. The fraction of sp³-hybridized carbons (Fsp3) is 0.0500. The van der Waals surface area contributed by atoms with Gasteiger partial charge < -0.3 is 10.5 Å². The zero-order valence-electron chi connectivity index (χ0n) is 13.0. The molecule has 1 heterocycles. The molecule has 1 aliphatic heterocycles. The summed E-state index contributed by atoms with van der Waals surface area (Å²) in [5, 5.41) is 12.0. The number of hydrogen-bond acceptors (Lipinski definition) is 3. The molecule has 0 aromatic heterocycles. The number of nitrogens with zero attached hydrogens (tertiary/aromatic N) is 1. The van der Waals surface area contributed by atoms with Crippen LogP contribution in [-0.4, -0.2) is 0 Å². The van der Waals surface area contributed by atoms with Crippen LogP contribution in [0.4, 0.5) is 0 Å². The van der Waals surface area contributed by atoms with Crippen molar-refractivity contribution in [3.05, 3.63) is 86.7 Å². The number of allylic oxidation sites excluding steroid dienone is 1. The van der Waals surface area contributed by atoms with Crippen LogP contribution >= 0.6 is 27.5 Å². The first kappa shape index (κ1) is 16.0. The quantitative estimate of drug-likeness (QED) is 0.577. The van der Waals surface area contributed by atoms with Crippen LogP contribution in [0.5, 0.6) is 5.75 Å². The first-order valence-electron chi connectivity index (χ1n) is 7.64. The lowest BCUT2D eigenvalue weighted by molar-refractivity contribution is 0.398. The maximum Gasteiger partial charge on any atom is 0.205 e. The van der Waals surface area contributed by atoms with Gasteiger partial charge >= 0.3 is 0 Å². The highest BCUT2D eigenvalue weighted by molar-refractivity contribution is 9.10. The third-order valence-electron chi connectivity index (χ3n) is 4.37. The Balaban J connectivity index is 2.04. The number of nitrogens with two attached hydrogens (primary N) is 1. The van der Waals surface area contributed by atoms with Crippen LogP contribution in [0.2, 0.25) is 5.02 Å². The van der Waals surface area contributed by atoms with Crippen LogP contribution in [0.3, 0.4) is 0 Å². The van der Waals surface area contributed by atoms with Crippen LogP contribution in [0.25, 0.3) is 10.8 Å². The van der Waals surface area contributed by atoms with Gasteiger partial charge in [0, 0.05) is 25.8 Å². The van der Waals surface area contributed by atoms with Crippen LogP contribution in [-0.2, 0) is 0 Å². The van der Waals surface area contributed by atoms with Crippen molar-refractivity contribution >= 4 is 38.3 Å². The number of hydrogen-bond donors (Lipinski definition) is 1. The molecule has 3 aromatic carbocycles. The number of nitriles is 1. The lowest BCUT2D eigenvalue weighted by atomic mass is 9.82. The van der Waals surface area contributed by atoms with E-state index >= 15 is 0 Å². The zero-order chi connectivity index (χ0) is 17.6. The minimum absolute atomic E-state index is 0.135. The Morgan fingerprint density at radius 3 is 2.44 bits per heavy atom. The van der Waals surface area contributed by atoms with E-state index < -0.39 is 0 Å². The zero-order valence-corrected chi connectivity index (χ0v) is 15.3. The number of fused-ring (bicyclic) bond motifs is 3. The van der Waals surface area contributed by atoms with E-state index in [0.717, 1.165) is 26.4 Å². The third kappa shape index (κ3) is 2.57. The van der Waals surface area contributed by atoms with Crippen molar-refractivity contribution in [3.63, 3.8) is 0 Å². The molecule has 0 saturated carbocycles. The molecule has 0 saturated heterocycles. The minimum atomic E-state index is -0.316. The van der Waals surface area contributed by atoms with E-state index in [1.807, 2.05) is 54.6 Å². The molecule has 1 atom stereocenters. The molecule has 122 valence electrons. The van der Waals surface area contributed by atoms with Gasteiger partial charge in [0.15, 0.2) is 0 Å². The summed E-state index contributed by atoms with van der Waals surface area (Å²) in [6.45, 7) is 0. The molecule has 0 fully saturated rings. The molecular formula is C20H12BrClN2O. The van der Waals surface area contributed by atoms with Crippen LogP contribution in [0.15, 0.2) is 70.5 Å². The van der Waals surface area contributed by atoms with E-state index in [1.165, 1.54) is 0 Å². The fourth-order valence-electron chi connectivity index (χ4n) is 3.24. The monoisotopic (exact) mass is 410 g/mol.